The molecule has 0 saturated heterocycles. The number of hydrogen-bond acceptors (Lipinski definition) is 12. The van der Waals surface area contributed by atoms with Crippen molar-refractivity contribution < 1.29 is 38.4 Å². The van der Waals surface area contributed by atoms with Crippen molar-refractivity contribution in [2.75, 3.05) is 19.5 Å². The second-order valence-corrected chi connectivity index (χ2v) is 9.84. The Hall–Kier alpha value is -5.38. The number of anilines is 1. The average molecular weight is 598 g/mol. The number of amides is 2. The molecule has 0 unspecified atom stereocenters. The van der Waals surface area contributed by atoms with Gasteiger partial charge in [0.1, 0.15) is 5.00 Å². The summed E-state index contributed by atoms with van der Waals surface area (Å²) in [7, 11) is 2.57. The number of carbonyl (C=O) groups excluding carboxylic acids is 3. The molecule has 1 aromatic heterocycles. The van der Waals surface area contributed by atoms with E-state index in [2.05, 4.69) is 15.8 Å². The summed E-state index contributed by atoms with van der Waals surface area (Å²) in [6, 6.07) is 7.30. The van der Waals surface area contributed by atoms with Crippen molar-refractivity contribution in [3.8, 4) is 17.2 Å². The van der Waals surface area contributed by atoms with Crippen LogP contribution in [0, 0.1) is 20.2 Å². The van der Waals surface area contributed by atoms with Gasteiger partial charge in [-0.05, 0) is 61.1 Å². The molecule has 2 N–H and O–H groups in total. The van der Waals surface area contributed by atoms with Crippen molar-refractivity contribution >= 4 is 51.7 Å². The van der Waals surface area contributed by atoms with E-state index in [9.17, 15) is 34.6 Å². The number of nitro groups is 2. The Kier molecular flexibility index (Phi) is 9.06. The fraction of sp³-hybridized carbons (Fsp3) is 0.231. The van der Waals surface area contributed by atoms with E-state index >= 15 is 0 Å². The Morgan fingerprint density at radius 1 is 0.952 bits per heavy atom. The Morgan fingerprint density at radius 3 is 2.38 bits per heavy atom. The lowest BCUT2D eigenvalue weighted by molar-refractivity contribution is -0.394. The number of ether oxygens (including phenoxy) is 3. The van der Waals surface area contributed by atoms with Crippen LogP contribution in [0.15, 0.2) is 41.5 Å². The monoisotopic (exact) mass is 597 g/mol. The normalized spacial score (nSPS) is 12.2. The topological polar surface area (TPSA) is 202 Å². The summed E-state index contributed by atoms with van der Waals surface area (Å²) in [6.07, 6.45) is 4.54. The zero-order chi connectivity index (χ0) is 30.4. The van der Waals surface area contributed by atoms with Gasteiger partial charge in [-0.3, -0.25) is 29.8 Å². The summed E-state index contributed by atoms with van der Waals surface area (Å²) in [5.41, 5.74) is 2.51. The predicted molar refractivity (Wildman–Crippen MR) is 149 cm³/mol. The Balaban J connectivity index is 1.44. The minimum absolute atomic E-state index is 0.0649. The minimum atomic E-state index is -1.08. The average Bonchev–Trinajstić information content (AvgIpc) is 3.34. The molecule has 0 spiro atoms. The number of nitrogens with one attached hydrogen (secondary N) is 2. The Morgan fingerprint density at radius 2 is 1.69 bits per heavy atom. The number of hydrazone groups is 1. The standard InChI is InChI=1S/C26H23N5O10S/c1-39-20-11-14(7-9-19(20)41-18-10-8-15(30(35)36)12-17(18)31(37)38)13-27-29-24(33)23(32)28-25-22(26(34)40-2)16-5-3-4-6-21(16)42-25/h7-13H,3-6H2,1-2H3,(H,28,32)(H,29,33)/b27-13+. The number of aryl methyl sites for hydroxylation is 1. The van der Waals surface area contributed by atoms with Crippen LogP contribution in [0.3, 0.4) is 0 Å². The predicted octanol–water partition coefficient (Wildman–Crippen LogP) is 4.12. The maximum absolute atomic E-state index is 12.5. The molecular formula is C26H23N5O10S. The number of nitro benzene ring substituents is 2. The van der Waals surface area contributed by atoms with Crippen molar-refractivity contribution in [1.29, 1.82) is 0 Å². The SMILES string of the molecule is COC(=O)c1c(NC(=O)C(=O)N/N=C/c2ccc(Oc3ccc([N+](=O)[O-])cc3[N+](=O)[O-])c(OC)c2)sc2c1CCCC2. The molecule has 0 atom stereocenters. The number of nitrogens with zero attached hydrogens (tertiary/aromatic N) is 3. The lowest BCUT2D eigenvalue weighted by Crippen LogP contribution is -2.32. The highest BCUT2D eigenvalue weighted by molar-refractivity contribution is 7.17. The van der Waals surface area contributed by atoms with Crippen molar-refractivity contribution in [2.45, 2.75) is 25.7 Å². The number of fused-ring (bicyclic) bond motifs is 1. The van der Waals surface area contributed by atoms with Crippen LogP contribution >= 0.6 is 11.3 Å². The van der Waals surface area contributed by atoms with Gasteiger partial charge in [-0.1, -0.05) is 0 Å². The molecule has 0 aliphatic heterocycles. The third-order valence-electron chi connectivity index (χ3n) is 6.13. The van der Waals surface area contributed by atoms with Crippen molar-refractivity contribution in [3.63, 3.8) is 0 Å². The first-order valence-corrected chi connectivity index (χ1v) is 13.1. The smallest absolute Gasteiger partial charge is 0.341 e. The van der Waals surface area contributed by atoms with Gasteiger partial charge in [-0.2, -0.15) is 5.10 Å². The fourth-order valence-corrected chi connectivity index (χ4v) is 5.44. The van der Waals surface area contributed by atoms with Crippen LogP contribution in [0.25, 0.3) is 0 Å². The molecule has 0 radical (unpaired) electrons. The van der Waals surface area contributed by atoms with Gasteiger partial charge in [0.25, 0.3) is 5.69 Å². The van der Waals surface area contributed by atoms with Crippen LogP contribution in [-0.4, -0.2) is 48.1 Å². The fourth-order valence-electron chi connectivity index (χ4n) is 4.16. The largest absolute Gasteiger partial charge is 0.493 e. The molecule has 16 heteroatoms. The van der Waals surface area contributed by atoms with Crippen molar-refractivity contribution in [3.05, 3.63) is 78.2 Å². The van der Waals surface area contributed by atoms with Crippen LogP contribution < -0.4 is 20.2 Å². The molecule has 1 aliphatic rings. The molecular weight excluding hydrogens is 574 g/mol. The van der Waals surface area contributed by atoms with E-state index in [1.54, 1.807) is 0 Å². The Labute approximate surface area is 241 Å². The number of thiophene rings is 1. The maximum Gasteiger partial charge on any atom is 0.341 e. The number of esters is 1. The van der Waals surface area contributed by atoms with Gasteiger partial charge < -0.3 is 19.5 Å². The van der Waals surface area contributed by atoms with E-state index in [0.717, 1.165) is 47.9 Å². The molecule has 1 heterocycles. The molecule has 218 valence electrons. The molecule has 42 heavy (non-hydrogen) atoms. The third-order valence-corrected chi connectivity index (χ3v) is 7.34. The van der Waals surface area contributed by atoms with E-state index in [1.807, 2.05) is 0 Å². The van der Waals surface area contributed by atoms with Gasteiger partial charge in [-0.15, -0.1) is 11.3 Å². The highest BCUT2D eigenvalue weighted by atomic mass is 32.1. The van der Waals surface area contributed by atoms with Gasteiger partial charge in [0.05, 0.1) is 41.9 Å². The number of methoxy groups -OCH3 is 2. The zero-order valence-electron chi connectivity index (χ0n) is 22.2. The first-order valence-electron chi connectivity index (χ1n) is 12.3. The summed E-state index contributed by atoms with van der Waals surface area (Å²) < 4.78 is 15.7. The molecule has 0 bridgehead atoms. The van der Waals surface area contributed by atoms with E-state index in [4.69, 9.17) is 14.2 Å². The summed E-state index contributed by atoms with van der Waals surface area (Å²) in [6.45, 7) is 0. The second kappa shape index (κ2) is 12.9. The van der Waals surface area contributed by atoms with Gasteiger partial charge >= 0.3 is 23.5 Å². The number of carbonyl (C=O) groups is 3. The van der Waals surface area contributed by atoms with Crippen LogP contribution in [0.1, 0.15) is 39.2 Å². The van der Waals surface area contributed by atoms with Crippen LogP contribution in [0.2, 0.25) is 0 Å². The molecule has 0 saturated carbocycles. The molecule has 15 nitrogen and oxygen atoms in total. The molecule has 2 amide bonds. The highest BCUT2D eigenvalue weighted by Crippen LogP contribution is 2.39. The quantitative estimate of drug-likeness (QED) is 0.119. The van der Waals surface area contributed by atoms with Gasteiger partial charge in [0.2, 0.25) is 5.75 Å². The number of rotatable bonds is 9. The van der Waals surface area contributed by atoms with Crippen molar-refractivity contribution in [1.82, 2.24) is 5.43 Å². The van der Waals surface area contributed by atoms with Gasteiger partial charge in [0.15, 0.2) is 11.5 Å². The zero-order valence-corrected chi connectivity index (χ0v) is 23.0. The molecule has 1 aliphatic carbocycles. The number of non-ortho nitro benzene ring substituents is 1. The van der Waals surface area contributed by atoms with Crippen LogP contribution in [0.4, 0.5) is 16.4 Å². The lowest BCUT2D eigenvalue weighted by Gasteiger charge is -2.11. The summed E-state index contributed by atoms with van der Waals surface area (Å²) in [5, 5.41) is 28.8. The van der Waals surface area contributed by atoms with E-state index in [-0.39, 0.29) is 27.8 Å². The first kappa shape index (κ1) is 29.6. The maximum atomic E-state index is 12.5. The second-order valence-electron chi connectivity index (χ2n) is 8.74. The third kappa shape index (κ3) is 6.49. The lowest BCUT2D eigenvalue weighted by atomic mass is 9.95. The van der Waals surface area contributed by atoms with E-state index in [1.165, 1.54) is 50.0 Å². The number of hydrogen-bond donors (Lipinski definition) is 2. The molecule has 4 rings (SSSR count). The Bertz CT molecular complexity index is 1620. The van der Waals surface area contributed by atoms with Gasteiger partial charge in [0, 0.05) is 10.9 Å². The summed E-state index contributed by atoms with van der Waals surface area (Å²) in [4.78, 5) is 59.0. The molecule has 3 aromatic rings. The first-order chi connectivity index (χ1) is 20.1. The van der Waals surface area contributed by atoms with Crippen LogP contribution in [-0.2, 0) is 27.2 Å². The molecule has 0 fully saturated rings. The van der Waals surface area contributed by atoms with E-state index in [0.29, 0.717) is 12.0 Å². The van der Waals surface area contributed by atoms with Gasteiger partial charge in [-0.25, -0.2) is 10.2 Å². The van der Waals surface area contributed by atoms with Crippen LogP contribution in [0.5, 0.6) is 17.2 Å². The summed E-state index contributed by atoms with van der Waals surface area (Å²) in [5.74, 6) is -2.74. The minimum Gasteiger partial charge on any atom is -0.493 e. The van der Waals surface area contributed by atoms with Crippen molar-refractivity contribution in [2.24, 2.45) is 5.10 Å². The summed E-state index contributed by atoms with van der Waals surface area (Å²) >= 11 is 1.24. The number of benzene rings is 2. The molecule has 2 aromatic carbocycles. The highest BCUT2D eigenvalue weighted by Gasteiger charge is 2.28. The van der Waals surface area contributed by atoms with E-state index < -0.39 is 39.0 Å².